The van der Waals surface area contributed by atoms with E-state index in [0.717, 1.165) is 12.8 Å². The molecule has 0 spiro atoms. The van der Waals surface area contributed by atoms with E-state index in [1.807, 2.05) is 6.92 Å². The van der Waals surface area contributed by atoms with Gasteiger partial charge in [0.1, 0.15) is 23.7 Å². The number of nitrogens with zero attached hydrogens (tertiary/aromatic N) is 5. The van der Waals surface area contributed by atoms with Crippen LogP contribution in [0.4, 0.5) is 5.82 Å². The van der Waals surface area contributed by atoms with Gasteiger partial charge in [0.05, 0.1) is 31.3 Å². The minimum Gasteiger partial charge on any atom is -0.464 e. The summed E-state index contributed by atoms with van der Waals surface area (Å²) in [7, 11) is -3.72. The van der Waals surface area contributed by atoms with E-state index in [1.165, 1.54) is 6.33 Å². The summed E-state index contributed by atoms with van der Waals surface area (Å²) in [5.41, 5.74) is 6.18. The Balaban J connectivity index is 2.08. The maximum Gasteiger partial charge on any atom is 0.365 e. The van der Waals surface area contributed by atoms with Crippen LogP contribution < -0.4 is 10.8 Å². The number of unbranched alkanes of at least 4 members (excludes halogenated alkanes) is 1. The first-order chi connectivity index (χ1) is 15.5. The van der Waals surface area contributed by atoms with E-state index in [1.54, 1.807) is 45.5 Å². The molecule has 0 aromatic carbocycles. The highest BCUT2D eigenvalue weighted by atomic mass is 31.2. The van der Waals surface area contributed by atoms with E-state index < -0.39 is 25.1 Å². The number of rotatable bonds is 13. The van der Waals surface area contributed by atoms with Crippen molar-refractivity contribution in [3.8, 4) is 0 Å². The van der Waals surface area contributed by atoms with Crippen LogP contribution in [0.15, 0.2) is 17.8 Å². The molecule has 2 aromatic heterocycles. The van der Waals surface area contributed by atoms with Crippen LogP contribution in [0.2, 0.25) is 0 Å². The third-order valence-electron chi connectivity index (χ3n) is 4.46. The summed E-state index contributed by atoms with van der Waals surface area (Å²) in [4.78, 5) is 24.8. The number of hydrogen-bond donors (Lipinski definition) is 2. The molecule has 184 valence electrons. The molecule has 0 aliphatic rings. The number of carbonyl (C=O) groups is 1. The van der Waals surface area contributed by atoms with Crippen LogP contribution in [-0.2, 0) is 30.0 Å². The molecule has 2 heterocycles. The summed E-state index contributed by atoms with van der Waals surface area (Å²) in [6.45, 7) is 11.0. The molecule has 0 saturated carbocycles. The third-order valence-corrected chi connectivity index (χ3v) is 6.19. The summed E-state index contributed by atoms with van der Waals surface area (Å²) in [6, 6.07) is 0. The second-order valence-electron chi connectivity index (χ2n) is 8.45. The van der Waals surface area contributed by atoms with Crippen LogP contribution in [0.25, 0.3) is 11.2 Å². The number of hydrogen-bond acceptors (Lipinski definition) is 10. The molecule has 0 aliphatic carbocycles. The van der Waals surface area contributed by atoms with Crippen molar-refractivity contribution in [3.63, 3.8) is 0 Å². The van der Waals surface area contributed by atoms with Crippen molar-refractivity contribution in [1.82, 2.24) is 24.6 Å². The lowest BCUT2D eigenvalue weighted by molar-refractivity contribution is -0.149. The van der Waals surface area contributed by atoms with Gasteiger partial charge in [-0.3, -0.25) is 9.36 Å². The molecular weight excluding hydrogens is 449 g/mol. The fourth-order valence-electron chi connectivity index (χ4n) is 2.77. The standard InChI is InChI=1S/C20H34N7O5P/c1-7-8-9-30-19(28)20(5,6)26-33(29,32-25-14(2)3)13-31-15(4)10-27-12-24-16-17(21)22-11-23-18(16)27/h11-12,15H,7-10,13H2,1-6H3,(H,26,29)(H2,21,22,23). The highest BCUT2D eigenvalue weighted by Crippen LogP contribution is 2.45. The zero-order valence-electron chi connectivity index (χ0n) is 20.1. The topological polar surface area (TPSA) is 156 Å². The van der Waals surface area contributed by atoms with Gasteiger partial charge in [0.25, 0.3) is 0 Å². The summed E-state index contributed by atoms with van der Waals surface area (Å²) >= 11 is 0. The zero-order chi connectivity index (χ0) is 24.6. The number of esters is 1. The number of carbonyl (C=O) groups excluding carboxylic acids is 1. The van der Waals surface area contributed by atoms with Crippen LogP contribution in [-0.4, -0.2) is 55.8 Å². The van der Waals surface area contributed by atoms with Gasteiger partial charge in [0.2, 0.25) is 0 Å². The van der Waals surface area contributed by atoms with Gasteiger partial charge in [0, 0.05) is 0 Å². The lowest BCUT2D eigenvalue weighted by Gasteiger charge is -2.29. The molecule has 33 heavy (non-hydrogen) atoms. The van der Waals surface area contributed by atoms with Crippen molar-refractivity contribution >= 4 is 36.2 Å². The lowest BCUT2D eigenvalue weighted by Crippen LogP contribution is -2.46. The summed E-state index contributed by atoms with van der Waals surface area (Å²) in [5, 5.41) is 6.61. The predicted octanol–water partition coefficient (Wildman–Crippen LogP) is 3.09. The van der Waals surface area contributed by atoms with Gasteiger partial charge >= 0.3 is 13.5 Å². The Kier molecular flexibility index (Phi) is 9.33. The predicted molar refractivity (Wildman–Crippen MR) is 126 cm³/mol. The summed E-state index contributed by atoms with van der Waals surface area (Å²) in [6.07, 6.45) is 3.87. The molecule has 0 bridgehead atoms. The maximum absolute atomic E-state index is 13.5. The third kappa shape index (κ3) is 7.76. The molecule has 3 N–H and O–H groups in total. The minimum absolute atomic E-state index is 0.287. The number of ether oxygens (including phenoxy) is 2. The van der Waals surface area contributed by atoms with E-state index in [-0.39, 0.29) is 18.8 Å². The SMILES string of the molecule is CCCCOC(=O)C(C)(C)NP(=O)(COC(C)Cn1cnc2c(N)ncnc21)ON=C(C)C. The number of anilines is 1. The molecule has 12 nitrogen and oxygen atoms in total. The van der Waals surface area contributed by atoms with Crippen LogP contribution in [0.1, 0.15) is 54.4 Å². The second-order valence-corrected chi connectivity index (χ2v) is 10.4. The Morgan fingerprint density at radius 1 is 1.33 bits per heavy atom. The molecule has 2 atom stereocenters. The van der Waals surface area contributed by atoms with E-state index in [4.69, 9.17) is 19.8 Å². The van der Waals surface area contributed by atoms with Gasteiger partial charge in [0.15, 0.2) is 11.5 Å². The molecule has 0 fully saturated rings. The lowest BCUT2D eigenvalue weighted by atomic mass is 10.1. The number of imidazole rings is 1. The van der Waals surface area contributed by atoms with Crippen molar-refractivity contribution in [2.24, 2.45) is 5.16 Å². The quantitative estimate of drug-likeness (QED) is 0.143. The van der Waals surface area contributed by atoms with Gasteiger partial charge in [-0.2, -0.15) is 0 Å². The Labute approximate surface area is 193 Å². The Morgan fingerprint density at radius 2 is 2.06 bits per heavy atom. The summed E-state index contributed by atoms with van der Waals surface area (Å²) in [5.74, 6) is -0.248. The van der Waals surface area contributed by atoms with E-state index in [2.05, 4.69) is 25.2 Å². The van der Waals surface area contributed by atoms with Crippen LogP contribution in [0.3, 0.4) is 0 Å². The number of fused-ring (bicyclic) bond motifs is 1. The van der Waals surface area contributed by atoms with E-state index in [9.17, 15) is 9.36 Å². The monoisotopic (exact) mass is 483 g/mol. The number of nitrogens with one attached hydrogen (secondary N) is 1. The van der Waals surface area contributed by atoms with Gasteiger partial charge in [-0.05, 0) is 41.0 Å². The molecule has 13 heteroatoms. The number of oxime groups is 1. The average molecular weight is 484 g/mol. The number of nitrogen functional groups attached to an aromatic ring is 1. The molecule has 0 saturated heterocycles. The minimum atomic E-state index is -3.72. The second kappa shape index (κ2) is 11.5. The molecule has 2 unspecified atom stereocenters. The van der Waals surface area contributed by atoms with Gasteiger partial charge in [-0.15, -0.1) is 0 Å². The van der Waals surface area contributed by atoms with Gasteiger partial charge in [-0.25, -0.2) is 20.0 Å². The van der Waals surface area contributed by atoms with Gasteiger partial charge < -0.3 is 24.4 Å². The number of aromatic nitrogens is 4. The van der Waals surface area contributed by atoms with E-state index in [0.29, 0.717) is 23.4 Å². The first kappa shape index (κ1) is 26.7. The fourth-order valence-corrected chi connectivity index (χ4v) is 4.61. The Hall–Kier alpha value is -2.56. The van der Waals surface area contributed by atoms with E-state index >= 15 is 0 Å². The van der Waals surface area contributed by atoms with Crippen molar-refractivity contribution < 1.29 is 23.5 Å². The first-order valence-corrected chi connectivity index (χ1v) is 12.6. The Morgan fingerprint density at radius 3 is 2.73 bits per heavy atom. The molecule has 0 radical (unpaired) electrons. The van der Waals surface area contributed by atoms with Crippen molar-refractivity contribution in [2.45, 2.75) is 72.6 Å². The van der Waals surface area contributed by atoms with Crippen LogP contribution >= 0.6 is 7.52 Å². The zero-order valence-corrected chi connectivity index (χ0v) is 21.0. The first-order valence-electron chi connectivity index (χ1n) is 10.8. The molecule has 2 rings (SSSR count). The highest BCUT2D eigenvalue weighted by molar-refractivity contribution is 7.56. The highest BCUT2D eigenvalue weighted by Gasteiger charge is 2.39. The van der Waals surface area contributed by atoms with Crippen molar-refractivity contribution in [3.05, 3.63) is 12.7 Å². The van der Waals surface area contributed by atoms with Crippen molar-refractivity contribution in [2.75, 3.05) is 18.7 Å². The maximum atomic E-state index is 13.5. The largest absolute Gasteiger partial charge is 0.464 e. The van der Waals surface area contributed by atoms with Crippen LogP contribution in [0, 0.1) is 0 Å². The molecular formula is C20H34N7O5P. The van der Waals surface area contributed by atoms with Crippen LogP contribution in [0.5, 0.6) is 0 Å². The Bertz CT molecular complexity index is 1020. The normalized spacial score (nSPS) is 14.5. The summed E-state index contributed by atoms with van der Waals surface area (Å²) < 4.78 is 31.7. The molecule has 0 aliphatic heterocycles. The molecule has 0 amide bonds. The fraction of sp³-hybridized carbons (Fsp3) is 0.650. The molecule has 2 aromatic rings. The van der Waals surface area contributed by atoms with Gasteiger partial charge in [-0.1, -0.05) is 18.5 Å². The smallest absolute Gasteiger partial charge is 0.365 e. The van der Waals surface area contributed by atoms with Crippen molar-refractivity contribution in [1.29, 1.82) is 0 Å². The average Bonchev–Trinajstić information content (AvgIpc) is 3.15. The number of nitrogens with two attached hydrogens (primary N) is 1.